The zero-order valence-corrected chi connectivity index (χ0v) is 14.3. The molecular formula is C16H21Cl2FN2O2. The van der Waals surface area contributed by atoms with E-state index in [0.29, 0.717) is 11.5 Å². The minimum atomic E-state index is -2.08. The second kappa shape index (κ2) is 8.08. The molecule has 2 fully saturated rings. The lowest BCUT2D eigenvalue weighted by molar-refractivity contribution is -0.144. The summed E-state index contributed by atoms with van der Waals surface area (Å²) in [6.07, 6.45) is 2.12. The molecule has 23 heavy (non-hydrogen) atoms. The van der Waals surface area contributed by atoms with Crippen molar-refractivity contribution in [2.45, 2.75) is 37.3 Å². The SMILES string of the molecule is Cl.Cl.O=C1CC[C@@](F)(c2ccc(C3CCNCC3)cc2)C(=O)N1. The molecule has 2 aliphatic rings. The molecule has 0 saturated carbocycles. The Kier molecular flexibility index (Phi) is 6.99. The molecule has 0 unspecified atom stereocenters. The van der Waals surface area contributed by atoms with Crippen LogP contribution in [0, 0.1) is 0 Å². The zero-order valence-electron chi connectivity index (χ0n) is 12.6. The largest absolute Gasteiger partial charge is 0.317 e. The summed E-state index contributed by atoms with van der Waals surface area (Å²) >= 11 is 0. The van der Waals surface area contributed by atoms with Gasteiger partial charge in [0.15, 0.2) is 0 Å². The van der Waals surface area contributed by atoms with Crippen molar-refractivity contribution in [1.29, 1.82) is 0 Å². The first-order chi connectivity index (χ1) is 10.1. The van der Waals surface area contributed by atoms with E-state index >= 15 is 0 Å². The van der Waals surface area contributed by atoms with Crippen LogP contribution in [0.4, 0.5) is 4.39 Å². The van der Waals surface area contributed by atoms with Gasteiger partial charge < -0.3 is 5.32 Å². The second-order valence-corrected chi connectivity index (χ2v) is 5.82. The van der Waals surface area contributed by atoms with Gasteiger partial charge in [-0.3, -0.25) is 14.9 Å². The van der Waals surface area contributed by atoms with E-state index in [9.17, 15) is 14.0 Å². The summed E-state index contributed by atoms with van der Waals surface area (Å²) in [6, 6.07) is 7.20. The molecule has 2 heterocycles. The summed E-state index contributed by atoms with van der Waals surface area (Å²) in [7, 11) is 0. The quantitative estimate of drug-likeness (QED) is 0.795. The molecule has 2 amide bonds. The van der Waals surface area contributed by atoms with Gasteiger partial charge in [-0.25, -0.2) is 4.39 Å². The van der Waals surface area contributed by atoms with Crippen molar-refractivity contribution < 1.29 is 14.0 Å². The van der Waals surface area contributed by atoms with E-state index in [1.807, 2.05) is 12.1 Å². The van der Waals surface area contributed by atoms with E-state index in [1.165, 1.54) is 5.56 Å². The average molecular weight is 363 g/mol. The van der Waals surface area contributed by atoms with Gasteiger partial charge in [-0.2, -0.15) is 0 Å². The first-order valence-electron chi connectivity index (χ1n) is 7.44. The molecule has 0 bridgehead atoms. The van der Waals surface area contributed by atoms with Crippen LogP contribution in [-0.4, -0.2) is 24.9 Å². The van der Waals surface area contributed by atoms with Crippen LogP contribution in [0.1, 0.15) is 42.7 Å². The highest BCUT2D eigenvalue weighted by Gasteiger charge is 2.44. The average Bonchev–Trinajstić information content (AvgIpc) is 2.52. The van der Waals surface area contributed by atoms with Crippen LogP contribution in [0.3, 0.4) is 0 Å². The van der Waals surface area contributed by atoms with Crippen molar-refractivity contribution >= 4 is 36.6 Å². The standard InChI is InChI=1S/C16H19FN2O2.2ClH/c17-16(8-5-14(20)19-15(16)21)13-3-1-11(2-4-13)12-6-9-18-10-7-12;;/h1-4,12,18H,5-10H2,(H,19,20,21);2*1H/t16-;;/m1../s1. The van der Waals surface area contributed by atoms with Crippen LogP contribution in [0.15, 0.2) is 24.3 Å². The summed E-state index contributed by atoms with van der Waals surface area (Å²) < 4.78 is 14.9. The van der Waals surface area contributed by atoms with Gasteiger partial charge in [-0.15, -0.1) is 24.8 Å². The van der Waals surface area contributed by atoms with Gasteiger partial charge in [0.25, 0.3) is 5.91 Å². The maximum atomic E-state index is 14.9. The van der Waals surface area contributed by atoms with Crippen molar-refractivity contribution in [3.63, 3.8) is 0 Å². The predicted molar refractivity (Wildman–Crippen MR) is 91.0 cm³/mol. The Morgan fingerprint density at radius 1 is 1.04 bits per heavy atom. The Balaban J connectivity index is 0.00000132. The van der Waals surface area contributed by atoms with Gasteiger partial charge in [-0.05, 0) is 43.0 Å². The van der Waals surface area contributed by atoms with E-state index in [-0.39, 0.29) is 37.7 Å². The highest BCUT2D eigenvalue weighted by molar-refractivity contribution is 6.02. The van der Waals surface area contributed by atoms with Gasteiger partial charge in [-0.1, -0.05) is 24.3 Å². The lowest BCUT2D eigenvalue weighted by atomic mass is 9.84. The van der Waals surface area contributed by atoms with Crippen molar-refractivity contribution in [3.8, 4) is 0 Å². The van der Waals surface area contributed by atoms with Crippen LogP contribution in [0.25, 0.3) is 0 Å². The lowest BCUT2D eigenvalue weighted by Gasteiger charge is -2.29. The smallest absolute Gasteiger partial charge is 0.268 e. The highest BCUT2D eigenvalue weighted by atomic mass is 35.5. The number of halogens is 3. The van der Waals surface area contributed by atoms with Crippen molar-refractivity contribution in [3.05, 3.63) is 35.4 Å². The van der Waals surface area contributed by atoms with Crippen LogP contribution in [-0.2, 0) is 15.3 Å². The molecule has 128 valence electrons. The number of carbonyl (C=O) groups excluding carboxylic acids is 2. The number of hydrogen-bond acceptors (Lipinski definition) is 3. The molecular weight excluding hydrogens is 342 g/mol. The van der Waals surface area contributed by atoms with Crippen LogP contribution < -0.4 is 10.6 Å². The lowest BCUT2D eigenvalue weighted by Crippen LogP contribution is -2.49. The molecule has 0 aliphatic carbocycles. The van der Waals surface area contributed by atoms with Crippen molar-refractivity contribution in [2.24, 2.45) is 0 Å². The van der Waals surface area contributed by atoms with Gasteiger partial charge in [0.1, 0.15) is 0 Å². The monoisotopic (exact) mass is 362 g/mol. The number of alkyl halides is 1. The Labute approximate surface area is 147 Å². The fraction of sp³-hybridized carbons (Fsp3) is 0.500. The third kappa shape index (κ3) is 4.03. The normalized spacial score (nSPS) is 25.1. The fourth-order valence-electron chi connectivity index (χ4n) is 3.14. The number of rotatable bonds is 2. The maximum Gasteiger partial charge on any atom is 0.268 e. The predicted octanol–water partition coefficient (Wildman–Crippen LogP) is 2.60. The van der Waals surface area contributed by atoms with E-state index < -0.39 is 17.5 Å². The summed E-state index contributed by atoms with van der Waals surface area (Å²) in [4.78, 5) is 22.9. The molecule has 1 aromatic carbocycles. The first-order valence-corrected chi connectivity index (χ1v) is 7.44. The zero-order chi connectivity index (χ0) is 14.9. The molecule has 2 aliphatic heterocycles. The highest BCUT2D eigenvalue weighted by Crippen LogP contribution is 2.35. The van der Waals surface area contributed by atoms with E-state index in [0.717, 1.165) is 25.9 Å². The van der Waals surface area contributed by atoms with Crippen LogP contribution in [0.5, 0.6) is 0 Å². The topological polar surface area (TPSA) is 58.2 Å². The van der Waals surface area contributed by atoms with Gasteiger partial charge in [0.2, 0.25) is 11.6 Å². The molecule has 0 aromatic heterocycles. The Hall–Kier alpha value is -1.17. The van der Waals surface area contributed by atoms with E-state index in [1.54, 1.807) is 12.1 Å². The molecule has 0 radical (unpaired) electrons. The summed E-state index contributed by atoms with van der Waals surface area (Å²) in [5.41, 5.74) is -0.554. The number of piperidine rings is 2. The number of hydrogen-bond donors (Lipinski definition) is 2. The van der Waals surface area contributed by atoms with Gasteiger partial charge >= 0.3 is 0 Å². The number of carbonyl (C=O) groups is 2. The molecule has 2 saturated heterocycles. The Morgan fingerprint density at radius 3 is 2.22 bits per heavy atom. The Bertz CT molecular complexity index is 562. The Morgan fingerprint density at radius 2 is 1.65 bits per heavy atom. The maximum absolute atomic E-state index is 14.9. The number of imide groups is 1. The van der Waals surface area contributed by atoms with Crippen LogP contribution in [0.2, 0.25) is 0 Å². The molecule has 4 nitrogen and oxygen atoms in total. The molecule has 2 N–H and O–H groups in total. The first kappa shape index (κ1) is 19.9. The summed E-state index contributed by atoms with van der Waals surface area (Å²) in [6.45, 7) is 2.01. The third-order valence-corrected chi connectivity index (χ3v) is 4.49. The summed E-state index contributed by atoms with van der Waals surface area (Å²) in [5.74, 6) is -0.745. The number of amides is 2. The summed E-state index contributed by atoms with van der Waals surface area (Å²) in [5, 5.41) is 5.40. The minimum Gasteiger partial charge on any atom is -0.317 e. The van der Waals surface area contributed by atoms with E-state index in [4.69, 9.17) is 0 Å². The van der Waals surface area contributed by atoms with Crippen LogP contribution >= 0.6 is 24.8 Å². The molecule has 1 aromatic rings. The number of benzene rings is 1. The second-order valence-electron chi connectivity index (χ2n) is 5.82. The van der Waals surface area contributed by atoms with Crippen molar-refractivity contribution in [2.75, 3.05) is 13.1 Å². The third-order valence-electron chi connectivity index (χ3n) is 4.49. The molecule has 0 spiro atoms. The fourth-order valence-corrected chi connectivity index (χ4v) is 3.14. The molecule has 1 atom stereocenters. The minimum absolute atomic E-state index is 0. The van der Waals surface area contributed by atoms with E-state index in [2.05, 4.69) is 10.6 Å². The molecule has 7 heteroatoms. The number of nitrogens with one attached hydrogen (secondary N) is 2. The molecule has 3 rings (SSSR count). The van der Waals surface area contributed by atoms with Gasteiger partial charge in [0.05, 0.1) is 0 Å². The van der Waals surface area contributed by atoms with Gasteiger partial charge in [0, 0.05) is 12.8 Å². The van der Waals surface area contributed by atoms with Crippen molar-refractivity contribution in [1.82, 2.24) is 10.6 Å².